The van der Waals surface area contributed by atoms with Crippen LogP contribution in [-0.4, -0.2) is 40.4 Å². The van der Waals surface area contributed by atoms with Gasteiger partial charge in [-0.25, -0.2) is 0 Å². The monoisotopic (exact) mass is 446 g/mol. The maximum Gasteiger partial charge on any atom is 0.171 e. The van der Waals surface area contributed by atoms with E-state index in [-0.39, 0.29) is 23.2 Å². The normalized spacial score (nSPS) is 64.0. The number of fused-ring (bicyclic) bond motifs is 7. The van der Waals surface area contributed by atoms with Crippen LogP contribution in [0, 0.1) is 52.3 Å². The van der Waals surface area contributed by atoms with E-state index in [1.807, 2.05) is 0 Å². The second-order valence-electron chi connectivity index (χ2n) is 13.8. The molecule has 2 aliphatic heterocycles. The molecule has 0 aromatic heterocycles. The van der Waals surface area contributed by atoms with Gasteiger partial charge in [-0.2, -0.15) is 0 Å². The van der Waals surface area contributed by atoms with Gasteiger partial charge in [0.25, 0.3) is 0 Å². The zero-order valence-corrected chi connectivity index (χ0v) is 21.0. The summed E-state index contributed by atoms with van der Waals surface area (Å²) in [5, 5.41) is 22.3. The molecule has 4 nitrogen and oxygen atoms in total. The van der Waals surface area contributed by atoms with Crippen LogP contribution in [0.1, 0.15) is 92.4 Å². The van der Waals surface area contributed by atoms with E-state index in [4.69, 9.17) is 9.47 Å². The average Bonchev–Trinajstić information content (AvgIpc) is 3.18. The fourth-order valence-electron chi connectivity index (χ4n) is 10.7. The van der Waals surface area contributed by atoms with Crippen molar-refractivity contribution in [3.63, 3.8) is 0 Å². The Hall–Kier alpha value is -0.160. The number of rotatable bonds is 0. The summed E-state index contributed by atoms with van der Waals surface area (Å²) in [4.78, 5) is 0. The topological polar surface area (TPSA) is 58.9 Å². The third-order valence-electron chi connectivity index (χ3n) is 12.5. The molecular weight excluding hydrogens is 400 g/mol. The molecular formula is C28H46O4. The third-order valence-corrected chi connectivity index (χ3v) is 12.5. The summed E-state index contributed by atoms with van der Waals surface area (Å²) in [7, 11) is 0. The largest absolute Gasteiger partial charge is 0.393 e. The molecule has 0 bridgehead atoms. The van der Waals surface area contributed by atoms with Crippen LogP contribution in [0.25, 0.3) is 0 Å². The first kappa shape index (κ1) is 22.3. The highest BCUT2D eigenvalue weighted by atomic mass is 16.7. The lowest BCUT2D eigenvalue weighted by Crippen LogP contribution is -2.66. The molecule has 0 aromatic rings. The van der Waals surface area contributed by atoms with Gasteiger partial charge in [0.2, 0.25) is 0 Å². The zero-order valence-electron chi connectivity index (χ0n) is 21.0. The van der Waals surface area contributed by atoms with Gasteiger partial charge in [0, 0.05) is 18.8 Å². The number of ether oxygens (including phenoxy) is 2. The minimum atomic E-state index is -0.714. The molecule has 13 atom stereocenters. The first-order valence-corrected chi connectivity index (χ1v) is 13.8. The van der Waals surface area contributed by atoms with Crippen molar-refractivity contribution in [3.05, 3.63) is 0 Å². The SMILES string of the molecule is CC1CC[C@@]2(OC1)OC1CC3C4CC(C)C5(O)CC(O)CCC5(C)C4CCC3(C)C1C2C. The maximum absolute atomic E-state index is 11.9. The zero-order chi connectivity index (χ0) is 22.7. The summed E-state index contributed by atoms with van der Waals surface area (Å²) in [6.45, 7) is 12.8. The second kappa shape index (κ2) is 6.95. The van der Waals surface area contributed by atoms with Crippen LogP contribution >= 0.6 is 0 Å². The molecule has 4 saturated carbocycles. The van der Waals surface area contributed by atoms with E-state index in [1.165, 1.54) is 25.7 Å². The summed E-state index contributed by atoms with van der Waals surface area (Å²) < 4.78 is 13.4. The summed E-state index contributed by atoms with van der Waals surface area (Å²) in [5.41, 5.74) is -0.459. The molecule has 4 heteroatoms. The molecule has 6 rings (SSSR count). The minimum Gasteiger partial charge on any atom is -0.393 e. The van der Waals surface area contributed by atoms with E-state index in [0.717, 1.165) is 32.3 Å². The van der Waals surface area contributed by atoms with E-state index >= 15 is 0 Å². The molecule has 12 unspecified atom stereocenters. The summed E-state index contributed by atoms with van der Waals surface area (Å²) in [6.07, 6.45) is 9.42. The van der Waals surface area contributed by atoms with Crippen LogP contribution in [0.5, 0.6) is 0 Å². The van der Waals surface area contributed by atoms with Gasteiger partial charge in [0.05, 0.1) is 24.4 Å². The Morgan fingerprint density at radius 2 is 1.69 bits per heavy atom. The third kappa shape index (κ3) is 2.65. The highest BCUT2D eigenvalue weighted by Gasteiger charge is 2.71. The van der Waals surface area contributed by atoms with Crippen LogP contribution in [0.3, 0.4) is 0 Å². The second-order valence-corrected chi connectivity index (χ2v) is 13.8. The smallest absolute Gasteiger partial charge is 0.171 e. The number of aliphatic hydroxyl groups is 2. The van der Waals surface area contributed by atoms with Crippen LogP contribution in [0.2, 0.25) is 0 Å². The van der Waals surface area contributed by atoms with Gasteiger partial charge in [0.1, 0.15) is 0 Å². The standard InChI is InChI=1S/C28H46O4/c1-16-6-11-28(31-15-16)18(3)24-23(32-28)13-22-20-12-17(2)27(30)14-19(29)7-10-26(27,5)21(20)8-9-25(22,24)4/h16-24,29-30H,6-15H2,1-5H3/t16?,17?,18?,19?,20?,21?,22?,23?,24?,25?,26?,27?,28-/m1/s1. The van der Waals surface area contributed by atoms with Crippen LogP contribution in [0.15, 0.2) is 0 Å². The average molecular weight is 447 g/mol. The highest BCUT2D eigenvalue weighted by Crippen LogP contribution is 2.72. The van der Waals surface area contributed by atoms with Crippen molar-refractivity contribution in [2.24, 2.45) is 52.3 Å². The Kier molecular flexibility index (Phi) is 4.85. The molecule has 6 aliphatic rings. The molecule has 0 radical (unpaired) electrons. The van der Waals surface area contributed by atoms with Crippen molar-refractivity contribution in [2.75, 3.05) is 6.61 Å². The predicted molar refractivity (Wildman–Crippen MR) is 124 cm³/mol. The quantitative estimate of drug-likeness (QED) is 0.540. The summed E-state index contributed by atoms with van der Waals surface area (Å²) in [6, 6.07) is 0. The van der Waals surface area contributed by atoms with Crippen LogP contribution in [0.4, 0.5) is 0 Å². The van der Waals surface area contributed by atoms with Gasteiger partial charge in [-0.3, -0.25) is 0 Å². The van der Waals surface area contributed by atoms with Crippen molar-refractivity contribution >= 4 is 0 Å². The summed E-state index contributed by atoms with van der Waals surface area (Å²) >= 11 is 0. The van der Waals surface area contributed by atoms with Gasteiger partial charge < -0.3 is 19.7 Å². The van der Waals surface area contributed by atoms with Gasteiger partial charge in [0.15, 0.2) is 5.79 Å². The van der Waals surface area contributed by atoms with Crippen molar-refractivity contribution in [3.8, 4) is 0 Å². The first-order valence-electron chi connectivity index (χ1n) is 13.8. The lowest BCUT2D eigenvalue weighted by Gasteiger charge is -2.66. The van der Waals surface area contributed by atoms with Crippen molar-refractivity contribution in [1.82, 2.24) is 0 Å². The van der Waals surface area contributed by atoms with E-state index in [9.17, 15) is 10.2 Å². The molecule has 2 heterocycles. The Morgan fingerprint density at radius 1 is 0.906 bits per heavy atom. The Balaban J connectivity index is 1.30. The summed E-state index contributed by atoms with van der Waals surface area (Å²) in [5.74, 6) is 3.56. The van der Waals surface area contributed by atoms with Gasteiger partial charge in [-0.05, 0) is 91.3 Å². The number of hydrogen-bond donors (Lipinski definition) is 2. The number of aliphatic hydroxyl groups excluding tert-OH is 1. The molecule has 1 spiro atoms. The molecule has 182 valence electrons. The van der Waals surface area contributed by atoms with Gasteiger partial charge >= 0.3 is 0 Å². The first-order chi connectivity index (χ1) is 15.0. The Morgan fingerprint density at radius 3 is 2.41 bits per heavy atom. The molecule has 2 N–H and O–H groups in total. The van der Waals surface area contributed by atoms with E-state index < -0.39 is 5.60 Å². The fourth-order valence-corrected chi connectivity index (χ4v) is 10.7. The Labute approximate surface area is 194 Å². The van der Waals surface area contributed by atoms with Crippen molar-refractivity contribution in [1.29, 1.82) is 0 Å². The molecule has 4 aliphatic carbocycles. The van der Waals surface area contributed by atoms with E-state index in [2.05, 4.69) is 34.6 Å². The fraction of sp³-hybridized carbons (Fsp3) is 1.00. The Bertz CT molecular complexity index is 761. The van der Waals surface area contributed by atoms with E-state index in [0.29, 0.717) is 53.4 Å². The highest BCUT2D eigenvalue weighted by molar-refractivity contribution is 5.19. The molecule has 0 aromatic carbocycles. The minimum absolute atomic E-state index is 0.0656. The van der Waals surface area contributed by atoms with Crippen molar-refractivity contribution < 1.29 is 19.7 Å². The van der Waals surface area contributed by atoms with Gasteiger partial charge in [-0.15, -0.1) is 0 Å². The van der Waals surface area contributed by atoms with Crippen molar-refractivity contribution in [2.45, 2.75) is 116 Å². The number of hydrogen-bond acceptors (Lipinski definition) is 4. The van der Waals surface area contributed by atoms with E-state index in [1.54, 1.807) is 0 Å². The van der Waals surface area contributed by atoms with Gasteiger partial charge in [-0.1, -0.05) is 34.6 Å². The van der Waals surface area contributed by atoms with Crippen LogP contribution in [-0.2, 0) is 9.47 Å². The molecule has 6 fully saturated rings. The van der Waals surface area contributed by atoms with Crippen LogP contribution < -0.4 is 0 Å². The maximum atomic E-state index is 11.9. The molecule has 32 heavy (non-hydrogen) atoms. The molecule has 0 amide bonds. The lowest BCUT2D eigenvalue weighted by atomic mass is 9.41. The lowest BCUT2D eigenvalue weighted by molar-refractivity contribution is -0.276. The predicted octanol–water partition coefficient (Wildman–Crippen LogP) is 5.15. The molecule has 2 saturated heterocycles.